The summed E-state index contributed by atoms with van der Waals surface area (Å²) in [6.07, 6.45) is 2.37. The minimum absolute atomic E-state index is 0.187. The first-order valence-corrected chi connectivity index (χ1v) is 12.6. The summed E-state index contributed by atoms with van der Waals surface area (Å²) >= 11 is 0. The van der Waals surface area contributed by atoms with Crippen LogP contribution in [-0.4, -0.2) is 40.4 Å². The highest BCUT2D eigenvalue weighted by Crippen LogP contribution is 2.28. The van der Waals surface area contributed by atoms with E-state index in [0.717, 1.165) is 16.9 Å². The number of fused-ring (bicyclic) bond motifs is 2. The molecule has 0 unspecified atom stereocenters. The molecule has 0 spiro atoms. The van der Waals surface area contributed by atoms with Crippen molar-refractivity contribution in [1.82, 2.24) is 20.0 Å². The van der Waals surface area contributed by atoms with Crippen LogP contribution in [-0.2, 0) is 6.42 Å². The lowest BCUT2D eigenvalue weighted by molar-refractivity contribution is 0.0956. The molecule has 0 aliphatic rings. The summed E-state index contributed by atoms with van der Waals surface area (Å²) in [5.74, 6) is 1.10. The van der Waals surface area contributed by atoms with Gasteiger partial charge in [-0.25, -0.2) is 9.97 Å². The zero-order valence-corrected chi connectivity index (χ0v) is 21.7. The fraction of sp³-hybridized carbons (Fsp3) is 0.200. The molecule has 0 radical (unpaired) electrons. The van der Waals surface area contributed by atoms with E-state index in [1.54, 1.807) is 13.3 Å². The van der Waals surface area contributed by atoms with Gasteiger partial charge in [0, 0.05) is 6.54 Å². The predicted molar refractivity (Wildman–Crippen MR) is 152 cm³/mol. The van der Waals surface area contributed by atoms with Crippen LogP contribution in [0, 0.1) is 0 Å². The number of amides is 1. The molecule has 8 heteroatoms. The number of carbonyl (C=O) groups is 1. The first-order valence-electron chi connectivity index (χ1n) is 12.6. The molecule has 3 aromatic carbocycles. The minimum atomic E-state index is -0.319. The molecule has 0 saturated carbocycles. The third kappa shape index (κ3) is 5.06. The van der Waals surface area contributed by atoms with E-state index in [4.69, 9.17) is 20.4 Å². The lowest BCUT2D eigenvalue weighted by Gasteiger charge is -2.07. The Labute approximate surface area is 221 Å². The van der Waals surface area contributed by atoms with Crippen LogP contribution in [0.5, 0.6) is 5.75 Å². The van der Waals surface area contributed by atoms with Crippen molar-refractivity contribution < 1.29 is 9.53 Å². The van der Waals surface area contributed by atoms with Crippen LogP contribution in [0.3, 0.4) is 0 Å². The number of carbonyl (C=O) groups excluding carboxylic acids is 1. The molecule has 0 fully saturated rings. The highest BCUT2D eigenvalue weighted by Gasteiger charge is 2.24. The minimum Gasteiger partial charge on any atom is -0.497 e. The highest BCUT2D eigenvalue weighted by molar-refractivity contribution is 6.10. The zero-order valence-electron chi connectivity index (χ0n) is 21.7. The Balaban J connectivity index is 1.47. The summed E-state index contributed by atoms with van der Waals surface area (Å²) in [7, 11) is 1.63. The number of para-hydroxylation sites is 2. The Hall–Kier alpha value is -4.72. The lowest BCUT2D eigenvalue weighted by atomic mass is 10.0. The molecular formula is C30H30N6O2. The molecular weight excluding hydrogens is 476 g/mol. The van der Waals surface area contributed by atoms with Crippen molar-refractivity contribution >= 4 is 40.1 Å². The zero-order chi connectivity index (χ0) is 26.6. The van der Waals surface area contributed by atoms with Crippen molar-refractivity contribution in [2.24, 2.45) is 5.10 Å². The van der Waals surface area contributed by atoms with E-state index in [1.165, 1.54) is 10.2 Å². The maximum Gasteiger partial charge on any atom is 0.257 e. The topological polar surface area (TPSA) is 107 Å². The van der Waals surface area contributed by atoms with Crippen LogP contribution in [0.4, 0.5) is 5.82 Å². The molecule has 0 atom stereocenters. The van der Waals surface area contributed by atoms with Gasteiger partial charge in [0.05, 0.1) is 24.4 Å². The average Bonchev–Trinajstić information content (AvgIpc) is 3.20. The van der Waals surface area contributed by atoms with Crippen molar-refractivity contribution in [3.63, 3.8) is 0 Å². The van der Waals surface area contributed by atoms with E-state index in [2.05, 4.69) is 36.4 Å². The summed E-state index contributed by atoms with van der Waals surface area (Å²) in [5, 5.41) is 7.58. The second-order valence-corrected chi connectivity index (χ2v) is 9.38. The Morgan fingerprint density at radius 2 is 1.71 bits per heavy atom. The van der Waals surface area contributed by atoms with Crippen LogP contribution in [0.15, 0.2) is 77.9 Å². The number of methoxy groups -OCH3 is 1. The smallest absolute Gasteiger partial charge is 0.257 e. The van der Waals surface area contributed by atoms with Crippen LogP contribution < -0.4 is 15.8 Å². The first-order chi connectivity index (χ1) is 18.4. The van der Waals surface area contributed by atoms with Gasteiger partial charge in [-0.3, -0.25) is 4.79 Å². The van der Waals surface area contributed by atoms with Crippen LogP contribution in [0.2, 0.25) is 0 Å². The standard InChI is InChI=1S/C30H30N6O2/c1-19(2)22-12-8-21(9-13-22)18-33-36-28(31)26(27-29(36)35-25-7-5-4-6-24(25)34-27)30(37)32-17-16-20-10-14-23(38-3)15-11-20/h4-15,18-19H,16-17,31H2,1-3H3,(H,32,37)/b33-18+. The normalized spacial score (nSPS) is 11.6. The highest BCUT2D eigenvalue weighted by atomic mass is 16.5. The Bertz CT molecular complexity index is 1620. The monoisotopic (exact) mass is 506 g/mol. The lowest BCUT2D eigenvalue weighted by Crippen LogP contribution is -2.26. The number of aromatic nitrogens is 3. The molecule has 2 aromatic heterocycles. The maximum absolute atomic E-state index is 13.4. The van der Waals surface area contributed by atoms with Gasteiger partial charge in [-0.15, -0.1) is 0 Å². The van der Waals surface area contributed by atoms with Gasteiger partial charge in [-0.05, 0) is 53.3 Å². The predicted octanol–water partition coefficient (Wildman–Crippen LogP) is 5.15. The van der Waals surface area contributed by atoms with Gasteiger partial charge in [-0.1, -0.05) is 62.4 Å². The van der Waals surface area contributed by atoms with Crippen LogP contribution >= 0.6 is 0 Å². The average molecular weight is 507 g/mol. The molecule has 0 saturated heterocycles. The molecule has 0 aliphatic carbocycles. The molecule has 5 rings (SSSR count). The van der Waals surface area contributed by atoms with Crippen molar-refractivity contribution in [3.8, 4) is 5.75 Å². The number of anilines is 1. The first kappa shape index (κ1) is 25.0. The Morgan fingerprint density at radius 1 is 1.03 bits per heavy atom. The van der Waals surface area contributed by atoms with E-state index in [0.29, 0.717) is 41.1 Å². The summed E-state index contributed by atoms with van der Waals surface area (Å²) < 4.78 is 6.70. The molecule has 3 N–H and O–H groups in total. The number of nitrogens with two attached hydrogens (primary N) is 1. The Morgan fingerprint density at radius 3 is 2.37 bits per heavy atom. The SMILES string of the molecule is COc1ccc(CCNC(=O)c2c(N)n(/N=C/c3ccc(C(C)C)cc3)c3nc4ccccc4nc23)cc1. The number of nitrogens with zero attached hydrogens (tertiary/aromatic N) is 4. The molecule has 5 aromatic rings. The fourth-order valence-electron chi connectivity index (χ4n) is 4.28. The van der Waals surface area contributed by atoms with Gasteiger partial charge in [0.15, 0.2) is 5.65 Å². The van der Waals surface area contributed by atoms with Gasteiger partial charge in [0.25, 0.3) is 5.91 Å². The van der Waals surface area contributed by atoms with E-state index >= 15 is 0 Å². The Kier molecular flexibility index (Phi) is 7.04. The molecule has 38 heavy (non-hydrogen) atoms. The van der Waals surface area contributed by atoms with Gasteiger partial charge in [0.2, 0.25) is 0 Å². The van der Waals surface area contributed by atoms with Crippen molar-refractivity contribution in [2.45, 2.75) is 26.2 Å². The molecule has 0 aliphatic heterocycles. The number of nitrogens with one attached hydrogen (secondary N) is 1. The largest absolute Gasteiger partial charge is 0.497 e. The number of hydrogen-bond acceptors (Lipinski definition) is 6. The third-order valence-corrected chi connectivity index (χ3v) is 6.48. The second kappa shape index (κ2) is 10.7. The van der Waals surface area contributed by atoms with Gasteiger partial charge in [0.1, 0.15) is 22.6 Å². The molecule has 1 amide bonds. The quantitative estimate of drug-likeness (QED) is 0.283. The van der Waals surface area contributed by atoms with Crippen molar-refractivity contribution in [3.05, 3.63) is 95.1 Å². The number of benzene rings is 3. The summed E-state index contributed by atoms with van der Waals surface area (Å²) in [6, 6.07) is 23.5. The van der Waals surface area contributed by atoms with Gasteiger partial charge in [-0.2, -0.15) is 9.78 Å². The maximum atomic E-state index is 13.4. The second-order valence-electron chi connectivity index (χ2n) is 9.38. The van der Waals surface area contributed by atoms with E-state index in [1.807, 2.05) is 60.7 Å². The number of ether oxygens (including phenoxy) is 1. The van der Waals surface area contributed by atoms with E-state index in [9.17, 15) is 4.79 Å². The van der Waals surface area contributed by atoms with Crippen LogP contribution in [0.1, 0.15) is 46.8 Å². The third-order valence-electron chi connectivity index (χ3n) is 6.48. The summed E-state index contributed by atoms with van der Waals surface area (Å²) in [6.45, 7) is 4.74. The van der Waals surface area contributed by atoms with Gasteiger partial charge < -0.3 is 15.8 Å². The summed E-state index contributed by atoms with van der Waals surface area (Å²) in [5.41, 5.74) is 12.2. The van der Waals surface area contributed by atoms with Crippen molar-refractivity contribution in [2.75, 3.05) is 19.4 Å². The molecule has 0 bridgehead atoms. The van der Waals surface area contributed by atoms with Gasteiger partial charge >= 0.3 is 0 Å². The summed E-state index contributed by atoms with van der Waals surface area (Å²) in [4.78, 5) is 22.8. The number of nitrogen functional groups attached to an aromatic ring is 1. The molecule has 192 valence electrons. The van der Waals surface area contributed by atoms with Crippen LogP contribution in [0.25, 0.3) is 22.2 Å². The molecule has 8 nitrogen and oxygen atoms in total. The molecule has 2 heterocycles. The van der Waals surface area contributed by atoms with E-state index in [-0.39, 0.29) is 17.3 Å². The van der Waals surface area contributed by atoms with E-state index < -0.39 is 0 Å². The van der Waals surface area contributed by atoms with Crippen molar-refractivity contribution in [1.29, 1.82) is 0 Å². The number of hydrogen-bond donors (Lipinski definition) is 2. The fourth-order valence-corrected chi connectivity index (χ4v) is 4.28. The number of rotatable bonds is 8.